The van der Waals surface area contributed by atoms with Crippen LogP contribution in [-0.4, -0.2) is 23.2 Å². The first kappa shape index (κ1) is 10.8. The van der Waals surface area contributed by atoms with Crippen LogP contribution in [0, 0.1) is 5.92 Å². The van der Waals surface area contributed by atoms with E-state index in [0.717, 1.165) is 25.7 Å². The van der Waals surface area contributed by atoms with Gasteiger partial charge in [0, 0.05) is 12.5 Å². The number of thiocarbonyl (C=S) groups is 1. The number of ether oxygens (including phenoxy) is 1. The molecule has 5 heteroatoms. The van der Waals surface area contributed by atoms with E-state index in [4.69, 9.17) is 10.5 Å². The van der Waals surface area contributed by atoms with Gasteiger partial charge in [0.15, 0.2) is 5.11 Å². The SMILES string of the molecule is NC(=S)NC(=O)C1CCOC2(CCC2)C1. The summed E-state index contributed by atoms with van der Waals surface area (Å²) in [7, 11) is 0. The molecule has 1 spiro atoms. The van der Waals surface area contributed by atoms with Crippen LogP contribution in [0.3, 0.4) is 0 Å². The molecule has 1 saturated heterocycles. The highest BCUT2D eigenvalue weighted by molar-refractivity contribution is 7.80. The fraction of sp³-hybridized carbons (Fsp3) is 0.800. The number of carbonyl (C=O) groups excluding carboxylic acids is 1. The topological polar surface area (TPSA) is 64.3 Å². The van der Waals surface area contributed by atoms with Crippen LogP contribution in [-0.2, 0) is 9.53 Å². The Balaban J connectivity index is 1.92. The minimum absolute atomic E-state index is 0.00350. The van der Waals surface area contributed by atoms with Crippen molar-refractivity contribution < 1.29 is 9.53 Å². The minimum Gasteiger partial charge on any atom is -0.376 e. The Morgan fingerprint density at radius 1 is 1.53 bits per heavy atom. The molecule has 0 aromatic rings. The van der Waals surface area contributed by atoms with E-state index >= 15 is 0 Å². The molecule has 15 heavy (non-hydrogen) atoms. The Kier molecular flexibility index (Phi) is 2.93. The highest BCUT2D eigenvalue weighted by Crippen LogP contribution is 2.44. The number of nitrogens with two attached hydrogens (primary N) is 1. The average Bonchev–Trinajstić information content (AvgIpc) is 2.14. The maximum atomic E-state index is 11.7. The lowest BCUT2D eigenvalue weighted by Gasteiger charge is -2.46. The first-order valence-electron chi connectivity index (χ1n) is 5.36. The van der Waals surface area contributed by atoms with E-state index in [1.807, 2.05) is 0 Å². The van der Waals surface area contributed by atoms with Gasteiger partial charge < -0.3 is 15.8 Å². The summed E-state index contributed by atoms with van der Waals surface area (Å²) in [5.41, 5.74) is 5.28. The van der Waals surface area contributed by atoms with Crippen LogP contribution in [0.2, 0.25) is 0 Å². The number of hydrogen-bond acceptors (Lipinski definition) is 3. The summed E-state index contributed by atoms with van der Waals surface area (Å²) in [5.74, 6) is -0.0300. The Morgan fingerprint density at radius 3 is 2.80 bits per heavy atom. The molecule has 1 aliphatic carbocycles. The molecule has 1 aliphatic heterocycles. The fourth-order valence-corrected chi connectivity index (χ4v) is 2.50. The molecule has 0 aromatic heterocycles. The van der Waals surface area contributed by atoms with Crippen LogP contribution in [0.25, 0.3) is 0 Å². The maximum absolute atomic E-state index is 11.7. The summed E-state index contributed by atoms with van der Waals surface area (Å²) in [4.78, 5) is 11.7. The normalized spacial score (nSPS) is 28.1. The standard InChI is InChI=1S/C10H16N2O2S/c11-9(15)12-8(13)7-2-5-14-10(6-7)3-1-4-10/h7H,1-6H2,(H3,11,12,13,15). The molecule has 2 fully saturated rings. The van der Waals surface area contributed by atoms with Crippen molar-refractivity contribution in [2.24, 2.45) is 11.7 Å². The summed E-state index contributed by atoms with van der Waals surface area (Å²) < 4.78 is 5.74. The second-order valence-electron chi connectivity index (χ2n) is 4.43. The molecule has 0 radical (unpaired) electrons. The van der Waals surface area contributed by atoms with Gasteiger partial charge in [-0.05, 0) is 44.3 Å². The van der Waals surface area contributed by atoms with Gasteiger partial charge in [-0.25, -0.2) is 0 Å². The highest BCUT2D eigenvalue weighted by Gasteiger charge is 2.44. The van der Waals surface area contributed by atoms with E-state index in [0.29, 0.717) is 6.61 Å². The van der Waals surface area contributed by atoms with E-state index < -0.39 is 0 Å². The summed E-state index contributed by atoms with van der Waals surface area (Å²) in [5, 5.41) is 2.58. The van der Waals surface area contributed by atoms with Crippen LogP contribution in [0.4, 0.5) is 0 Å². The molecule has 84 valence electrons. The summed E-state index contributed by atoms with van der Waals surface area (Å²) in [6, 6.07) is 0. The Morgan fingerprint density at radius 2 is 2.27 bits per heavy atom. The van der Waals surface area contributed by atoms with Crippen LogP contribution >= 0.6 is 12.2 Å². The van der Waals surface area contributed by atoms with Gasteiger partial charge in [0.05, 0.1) is 5.60 Å². The zero-order chi connectivity index (χ0) is 10.9. The Bertz CT molecular complexity index is 289. The van der Waals surface area contributed by atoms with Crippen molar-refractivity contribution in [1.29, 1.82) is 0 Å². The monoisotopic (exact) mass is 228 g/mol. The molecule has 0 bridgehead atoms. The molecule has 0 aromatic carbocycles. The number of carbonyl (C=O) groups is 1. The third-order valence-electron chi connectivity index (χ3n) is 3.37. The van der Waals surface area contributed by atoms with Gasteiger partial charge in [-0.3, -0.25) is 4.79 Å². The van der Waals surface area contributed by atoms with Gasteiger partial charge in [-0.2, -0.15) is 0 Å². The van der Waals surface area contributed by atoms with E-state index in [1.54, 1.807) is 0 Å². The van der Waals surface area contributed by atoms with Gasteiger partial charge in [0.1, 0.15) is 0 Å². The molecule has 2 rings (SSSR count). The third-order valence-corrected chi connectivity index (χ3v) is 3.48. The summed E-state index contributed by atoms with van der Waals surface area (Å²) >= 11 is 4.66. The molecule has 4 nitrogen and oxygen atoms in total. The quantitative estimate of drug-likeness (QED) is 0.648. The molecule has 1 saturated carbocycles. The van der Waals surface area contributed by atoms with Gasteiger partial charge in [-0.15, -0.1) is 0 Å². The predicted octanol–water partition coefficient (Wildman–Crippen LogP) is 0.695. The first-order valence-corrected chi connectivity index (χ1v) is 5.76. The molecule has 1 heterocycles. The van der Waals surface area contributed by atoms with Crippen LogP contribution in [0.1, 0.15) is 32.1 Å². The Hall–Kier alpha value is -0.680. The zero-order valence-electron chi connectivity index (χ0n) is 8.62. The minimum atomic E-state index is -0.0444. The van der Waals surface area contributed by atoms with Gasteiger partial charge in [0.25, 0.3) is 0 Å². The molecule has 3 N–H and O–H groups in total. The molecule has 1 unspecified atom stereocenters. The third kappa shape index (κ3) is 2.29. The van der Waals surface area contributed by atoms with Crippen molar-refractivity contribution in [2.75, 3.05) is 6.61 Å². The second kappa shape index (κ2) is 4.06. The lowest BCUT2D eigenvalue weighted by Crippen LogP contribution is -2.50. The van der Waals surface area contributed by atoms with E-state index in [1.165, 1.54) is 6.42 Å². The van der Waals surface area contributed by atoms with Crippen molar-refractivity contribution >= 4 is 23.2 Å². The predicted molar refractivity (Wildman–Crippen MR) is 60.2 cm³/mol. The van der Waals surface area contributed by atoms with Crippen LogP contribution in [0.5, 0.6) is 0 Å². The summed E-state index contributed by atoms with van der Waals surface area (Å²) in [6.45, 7) is 0.676. The lowest BCUT2D eigenvalue weighted by atomic mass is 9.72. The van der Waals surface area contributed by atoms with Crippen molar-refractivity contribution in [2.45, 2.75) is 37.7 Å². The molecular formula is C10H16N2O2S. The van der Waals surface area contributed by atoms with Gasteiger partial charge in [0.2, 0.25) is 5.91 Å². The number of hydrogen-bond donors (Lipinski definition) is 2. The largest absolute Gasteiger partial charge is 0.376 e. The lowest BCUT2D eigenvalue weighted by molar-refractivity contribution is -0.156. The van der Waals surface area contributed by atoms with Gasteiger partial charge >= 0.3 is 0 Å². The highest BCUT2D eigenvalue weighted by atomic mass is 32.1. The van der Waals surface area contributed by atoms with Crippen molar-refractivity contribution in [3.8, 4) is 0 Å². The van der Waals surface area contributed by atoms with Crippen LogP contribution < -0.4 is 11.1 Å². The number of rotatable bonds is 1. The smallest absolute Gasteiger partial charge is 0.229 e. The first-order chi connectivity index (χ1) is 7.11. The molecular weight excluding hydrogens is 212 g/mol. The number of nitrogens with one attached hydrogen (secondary N) is 1. The Labute approximate surface area is 94.5 Å². The van der Waals surface area contributed by atoms with E-state index in [-0.39, 0.29) is 22.5 Å². The molecule has 1 amide bonds. The molecule has 2 aliphatic rings. The van der Waals surface area contributed by atoms with Crippen LogP contribution in [0.15, 0.2) is 0 Å². The maximum Gasteiger partial charge on any atom is 0.229 e. The second-order valence-corrected chi connectivity index (χ2v) is 4.87. The average molecular weight is 228 g/mol. The summed E-state index contributed by atoms with van der Waals surface area (Å²) in [6.07, 6.45) is 4.98. The number of amides is 1. The molecule has 1 atom stereocenters. The zero-order valence-corrected chi connectivity index (χ0v) is 9.44. The van der Waals surface area contributed by atoms with Gasteiger partial charge in [-0.1, -0.05) is 0 Å². The van der Waals surface area contributed by atoms with E-state index in [2.05, 4.69) is 17.5 Å². The fourth-order valence-electron chi connectivity index (χ4n) is 2.39. The van der Waals surface area contributed by atoms with E-state index in [9.17, 15) is 4.79 Å². The van der Waals surface area contributed by atoms with Crippen molar-refractivity contribution in [3.05, 3.63) is 0 Å². The van der Waals surface area contributed by atoms with Crippen molar-refractivity contribution in [3.63, 3.8) is 0 Å². The van der Waals surface area contributed by atoms with Crippen molar-refractivity contribution in [1.82, 2.24) is 5.32 Å².